The molecule has 1 aromatic heterocycles. The van der Waals surface area contributed by atoms with Crippen LogP contribution >= 0.6 is 0 Å². The van der Waals surface area contributed by atoms with E-state index in [4.69, 9.17) is 0 Å². The van der Waals surface area contributed by atoms with Gasteiger partial charge in [-0.1, -0.05) is 0 Å². The van der Waals surface area contributed by atoms with Crippen molar-refractivity contribution < 1.29 is 19.0 Å². The molecular weight excluding hydrogens is 218 g/mol. The summed E-state index contributed by atoms with van der Waals surface area (Å²) >= 11 is 0. The molecule has 0 aliphatic heterocycles. The fourth-order valence-electron chi connectivity index (χ4n) is 1.30. The molecule has 3 N–H and O–H groups in total. The third-order valence-electron chi connectivity index (χ3n) is 2.22. The molecule has 0 aliphatic rings. The van der Waals surface area contributed by atoms with E-state index in [1.54, 1.807) is 7.05 Å². The lowest BCUT2D eigenvalue weighted by Crippen LogP contribution is -2.24. The number of pyridine rings is 1. The minimum absolute atomic E-state index is 0.204. The first-order valence-corrected chi connectivity index (χ1v) is 4.89. The van der Waals surface area contributed by atoms with Gasteiger partial charge < -0.3 is 15.5 Å². The smallest absolute Gasteiger partial charge is 0.221 e. The standard InChI is InChI=1S/C10H14F2N2O2/c1-13-5-4-7(15)9(16)6-2-3-8(11)14-10(6)12/h2-3,7,9,13,15-16H,4-5H2,1H3. The number of aliphatic hydroxyl groups excluding tert-OH is 2. The summed E-state index contributed by atoms with van der Waals surface area (Å²) in [6.07, 6.45) is -2.26. The Morgan fingerprint density at radius 2 is 2.06 bits per heavy atom. The van der Waals surface area contributed by atoms with Crippen LogP contribution < -0.4 is 5.32 Å². The Bertz CT molecular complexity index is 350. The van der Waals surface area contributed by atoms with E-state index in [2.05, 4.69) is 10.3 Å². The first kappa shape index (κ1) is 13.0. The van der Waals surface area contributed by atoms with E-state index < -0.39 is 24.1 Å². The van der Waals surface area contributed by atoms with Gasteiger partial charge in [-0.2, -0.15) is 13.8 Å². The molecule has 0 amide bonds. The molecule has 2 atom stereocenters. The second-order valence-electron chi connectivity index (χ2n) is 3.42. The van der Waals surface area contributed by atoms with Crippen LogP contribution in [0.2, 0.25) is 0 Å². The highest BCUT2D eigenvalue weighted by atomic mass is 19.1. The van der Waals surface area contributed by atoms with Crippen molar-refractivity contribution in [3.63, 3.8) is 0 Å². The first-order chi connectivity index (χ1) is 7.56. The third-order valence-corrected chi connectivity index (χ3v) is 2.22. The van der Waals surface area contributed by atoms with Crippen LogP contribution in [-0.2, 0) is 0 Å². The van der Waals surface area contributed by atoms with Crippen molar-refractivity contribution in [1.82, 2.24) is 10.3 Å². The van der Waals surface area contributed by atoms with Crippen LogP contribution in [0.15, 0.2) is 12.1 Å². The van der Waals surface area contributed by atoms with Gasteiger partial charge >= 0.3 is 0 Å². The third kappa shape index (κ3) is 3.19. The molecule has 1 heterocycles. The summed E-state index contributed by atoms with van der Waals surface area (Å²) in [5.41, 5.74) is -0.204. The summed E-state index contributed by atoms with van der Waals surface area (Å²) in [4.78, 5) is 2.94. The lowest BCUT2D eigenvalue weighted by Gasteiger charge is -2.17. The summed E-state index contributed by atoms with van der Waals surface area (Å²) in [7, 11) is 1.69. The van der Waals surface area contributed by atoms with Gasteiger partial charge in [0.1, 0.15) is 6.10 Å². The Balaban J connectivity index is 2.75. The molecule has 16 heavy (non-hydrogen) atoms. The fraction of sp³-hybridized carbons (Fsp3) is 0.500. The van der Waals surface area contributed by atoms with Gasteiger partial charge in [-0.3, -0.25) is 0 Å². The second-order valence-corrected chi connectivity index (χ2v) is 3.42. The highest BCUT2D eigenvalue weighted by molar-refractivity contribution is 5.15. The molecule has 2 unspecified atom stereocenters. The summed E-state index contributed by atoms with van der Waals surface area (Å²) in [6, 6.07) is 2.01. The van der Waals surface area contributed by atoms with Gasteiger partial charge in [0.15, 0.2) is 0 Å². The van der Waals surface area contributed by atoms with Gasteiger partial charge in [0.05, 0.1) is 6.10 Å². The van der Waals surface area contributed by atoms with Gasteiger partial charge in [-0.15, -0.1) is 0 Å². The van der Waals surface area contributed by atoms with Crippen LogP contribution in [0.1, 0.15) is 18.1 Å². The van der Waals surface area contributed by atoms with Gasteiger partial charge in [0.25, 0.3) is 0 Å². The molecule has 0 radical (unpaired) electrons. The number of nitrogens with one attached hydrogen (secondary N) is 1. The van der Waals surface area contributed by atoms with Crippen molar-refractivity contribution in [2.24, 2.45) is 0 Å². The number of rotatable bonds is 5. The zero-order chi connectivity index (χ0) is 12.1. The van der Waals surface area contributed by atoms with Crippen molar-refractivity contribution in [3.8, 4) is 0 Å². The maximum Gasteiger partial charge on any atom is 0.221 e. The van der Waals surface area contributed by atoms with E-state index in [1.807, 2.05) is 0 Å². The van der Waals surface area contributed by atoms with Crippen molar-refractivity contribution in [2.45, 2.75) is 18.6 Å². The quantitative estimate of drug-likeness (QED) is 0.641. The lowest BCUT2D eigenvalue weighted by atomic mass is 10.0. The van der Waals surface area contributed by atoms with E-state index in [9.17, 15) is 19.0 Å². The molecule has 1 rings (SSSR count). The van der Waals surface area contributed by atoms with E-state index in [0.29, 0.717) is 6.54 Å². The van der Waals surface area contributed by atoms with E-state index >= 15 is 0 Å². The fourth-order valence-corrected chi connectivity index (χ4v) is 1.30. The molecule has 0 spiro atoms. The summed E-state index contributed by atoms with van der Waals surface area (Å²) < 4.78 is 25.7. The Morgan fingerprint density at radius 3 is 2.62 bits per heavy atom. The number of halogens is 2. The summed E-state index contributed by atoms with van der Waals surface area (Å²) in [5, 5.41) is 21.9. The minimum atomic E-state index is -1.40. The largest absolute Gasteiger partial charge is 0.390 e. The molecule has 6 heteroatoms. The minimum Gasteiger partial charge on any atom is -0.390 e. The summed E-state index contributed by atoms with van der Waals surface area (Å²) in [6.45, 7) is 0.481. The zero-order valence-corrected chi connectivity index (χ0v) is 8.82. The van der Waals surface area contributed by atoms with Crippen molar-refractivity contribution in [1.29, 1.82) is 0 Å². The Labute approximate surface area is 91.9 Å². The number of hydrogen-bond acceptors (Lipinski definition) is 4. The molecule has 0 bridgehead atoms. The van der Waals surface area contributed by atoms with E-state index in [-0.39, 0.29) is 12.0 Å². The molecule has 0 saturated heterocycles. The van der Waals surface area contributed by atoms with Crippen LogP contribution in [0, 0.1) is 11.9 Å². The highest BCUT2D eigenvalue weighted by Crippen LogP contribution is 2.20. The molecule has 0 fully saturated rings. The van der Waals surface area contributed by atoms with Crippen molar-refractivity contribution in [3.05, 3.63) is 29.6 Å². The maximum atomic E-state index is 13.1. The first-order valence-electron chi connectivity index (χ1n) is 4.89. The average Bonchev–Trinajstić information content (AvgIpc) is 2.25. The SMILES string of the molecule is CNCCC(O)C(O)c1ccc(F)nc1F. The van der Waals surface area contributed by atoms with Gasteiger partial charge in [-0.05, 0) is 32.1 Å². The highest BCUT2D eigenvalue weighted by Gasteiger charge is 2.22. The normalized spacial score (nSPS) is 14.8. The molecule has 0 aromatic carbocycles. The van der Waals surface area contributed by atoms with Crippen molar-refractivity contribution >= 4 is 0 Å². The molecular formula is C10H14F2N2O2. The molecule has 0 saturated carbocycles. The Morgan fingerprint density at radius 1 is 1.38 bits per heavy atom. The average molecular weight is 232 g/mol. The van der Waals surface area contributed by atoms with Crippen LogP contribution in [0.4, 0.5) is 8.78 Å². The zero-order valence-electron chi connectivity index (χ0n) is 8.82. The number of aliphatic hydroxyl groups is 2. The maximum absolute atomic E-state index is 13.1. The number of aromatic nitrogens is 1. The molecule has 0 aliphatic carbocycles. The van der Waals surface area contributed by atoms with E-state index in [1.165, 1.54) is 0 Å². The van der Waals surface area contributed by atoms with Crippen LogP contribution in [0.3, 0.4) is 0 Å². The second kappa shape index (κ2) is 5.83. The predicted molar refractivity (Wildman–Crippen MR) is 53.7 cm³/mol. The molecule has 90 valence electrons. The topological polar surface area (TPSA) is 65.4 Å². The van der Waals surface area contributed by atoms with Gasteiger partial charge in [0.2, 0.25) is 11.9 Å². The number of nitrogens with zero attached hydrogens (tertiary/aromatic N) is 1. The van der Waals surface area contributed by atoms with Gasteiger partial charge in [0, 0.05) is 5.56 Å². The molecule has 4 nitrogen and oxygen atoms in total. The van der Waals surface area contributed by atoms with Crippen molar-refractivity contribution in [2.75, 3.05) is 13.6 Å². The van der Waals surface area contributed by atoms with Crippen LogP contribution in [0.25, 0.3) is 0 Å². The van der Waals surface area contributed by atoms with E-state index in [0.717, 1.165) is 12.1 Å². The Hall–Kier alpha value is -1.11. The van der Waals surface area contributed by atoms with Crippen LogP contribution in [0.5, 0.6) is 0 Å². The molecule has 1 aromatic rings. The lowest BCUT2D eigenvalue weighted by molar-refractivity contribution is 0.0114. The summed E-state index contributed by atoms with van der Waals surface area (Å²) in [5.74, 6) is -2.06. The number of hydrogen-bond donors (Lipinski definition) is 3. The Kier molecular flexibility index (Phi) is 4.72. The van der Waals surface area contributed by atoms with Gasteiger partial charge in [-0.25, -0.2) is 0 Å². The predicted octanol–water partition coefficient (Wildman–Crippen LogP) is 0.364. The monoisotopic (exact) mass is 232 g/mol. The van der Waals surface area contributed by atoms with Crippen LogP contribution in [-0.4, -0.2) is 34.9 Å².